The Balaban J connectivity index is 2.95. The summed E-state index contributed by atoms with van der Waals surface area (Å²) in [6, 6.07) is 1.41. The van der Waals surface area contributed by atoms with E-state index in [9.17, 15) is 9.59 Å². The summed E-state index contributed by atoms with van der Waals surface area (Å²) in [4.78, 5) is 21.2. The molecule has 0 spiro atoms. The van der Waals surface area contributed by atoms with Gasteiger partial charge in [-0.05, 0) is 6.07 Å². The van der Waals surface area contributed by atoms with Crippen molar-refractivity contribution in [2.24, 2.45) is 7.05 Å². The molecule has 0 atom stereocenters. The van der Waals surface area contributed by atoms with E-state index in [-0.39, 0.29) is 11.6 Å². The molecule has 0 aliphatic carbocycles. The molecule has 13 heavy (non-hydrogen) atoms. The highest BCUT2D eigenvalue weighted by Crippen LogP contribution is 2.12. The van der Waals surface area contributed by atoms with Gasteiger partial charge in [-0.2, -0.15) is 0 Å². The molecule has 70 valence electrons. The maximum Gasteiger partial charge on any atom is 0.352 e. The number of carboxylic acid groups (broad SMARTS) is 1. The predicted molar refractivity (Wildman–Crippen MR) is 46.7 cm³/mol. The minimum atomic E-state index is -1.01. The van der Waals surface area contributed by atoms with Gasteiger partial charge < -0.3 is 15.0 Å². The van der Waals surface area contributed by atoms with Crippen LogP contribution in [-0.2, 0) is 11.8 Å². The van der Waals surface area contributed by atoms with Crippen molar-refractivity contribution in [3.8, 4) is 0 Å². The van der Waals surface area contributed by atoms with Crippen molar-refractivity contribution in [1.29, 1.82) is 0 Å². The second-order valence-corrected chi connectivity index (χ2v) is 2.71. The number of hydrogen-bond donors (Lipinski definition) is 2. The van der Waals surface area contributed by atoms with E-state index in [0.29, 0.717) is 5.69 Å². The lowest BCUT2D eigenvalue weighted by Crippen LogP contribution is -2.04. The van der Waals surface area contributed by atoms with Crippen molar-refractivity contribution < 1.29 is 14.7 Å². The molecule has 1 amide bonds. The fourth-order valence-electron chi connectivity index (χ4n) is 1.05. The monoisotopic (exact) mass is 182 g/mol. The number of rotatable bonds is 2. The molecule has 1 rings (SSSR count). The zero-order chi connectivity index (χ0) is 10.0. The minimum Gasteiger partial charge on any atom is -0.477 e. The Labute approximate surface area is 75.0 Å². The number of nitrogens with one attached hydrogen (secondary N) is 1. The lowest BCUT2D eigenvalue weighted by Gasteiger charge is -1.94. The standard InChI is InChI=1S/C8H10N2O3/c1-5(11)9-6-3-7(8(12)13)10(2)4-6/h3-4H,1-2H3,(H,9,11)(H,12,13). The fourth-order valence-corrected chi connectivity index (χ4v) is 1.05. The number of nitrogens with zero attached hydrogens (tertiary/aromatic N) is 1. The zero-order valence-electron chi connectivity index (χ0n) is 7.37. The third-order valence-corrected chi connectivity index (χ3v) is 1.54. The number of anilines is 1. The maximum absolute atomic E-state index is 10.6. The first-order valence-electron chi connectivity index (χ1n) is 3.68. The van der Waals surface area contributed by atoms with Crippen molar-refractivity contribution >= 4 is 17.6 Å². The molecule has 0 radical (unpaired) electrons. The van der Waals surface area contributed by atoms with Gasteiger partial charge in [0.15, 0.2) is 0 Å². The second kappa shape index (κ2) is 3.30. The van der Waals surface area contributed by atoms with Crippen molar-refractivity contribution in [1.82, 2.24) is 4.57 Å². The highest BCUT2D eigenvalue weighted by Gasteiger charge is 2.09. The van der Waals surface area contributed by atoms with Crippen LogP contribution in [0.4, 0.5) is 5.69 Å². The largest absolute Gasteiger partial charge is 0.477 e. The first-order chi connectivity index (χ1) is 6.00. The lowest BCUT2D eigenvalue weighted by molar-refractivity contribution is -0.114. The third-order valence-electron chi connectivity index (χ3n) is 1.54. The molecular weight excluding hydrogens is 172 g/mol. The molecule has 0 fully saturated rings. The summed E-state index contributed by atoms with van der Waals surface area (Å²) in [5.74, 6) is -1.23. The average Bonchev–Trinajstić information content (AvgIpc) is 2.29. The van der Waals surface area contributed by atoms with Crippen LogP contribution in [0, 0.1) is 0 Å². The van der Waals surface area contributed by atoms with Crippen LogP contribution in [-0.4, -0.2) is 21.6 Å². The van der Waals surface area contributed by atoms with Crippen LogP contribution in [0.5, 0.6) is 0 Å². The van der Waals surface area contributed by atoms with E-state index in [4.69, 9.17) is 5.11 Å². The highest BCUT2D eigenvalue weighted by molar-refractivity contribution is 5.92. The van der Waals surface area contributed by atoms with E-state index in [1.54, 1.807) is 13.2 Å². The molecule has 0 aliphatic rings. The molecule has 0 bridgehead atoms. The van der Waals surface area contributed by atoms with Crippen LogP contribution in [0.3, 0.4) is 0 Å². The molecule has 5 nitrogen and oxygen atoms in total. The van der Waals surface area contributed by atoms with Gasteiger partial charge in [0.1, 0.15) is 5.69 Å². The van der Waals surface area contributed by atoms with Crippen molar-refractivity contribution in [2.45, 2.75) is 6.92 Å². The topological polar surface area (TPSA) is 71.3 Å². The van der Waals surface area contributed by atoms with Crippen LogP contribution in [0.2, 0.25) is 0 Å². The van der Waals surface area contributed by atoms with Crippen LogP contribution in [0.25, 0.3) is 0 Å². The van der Waals surface area contributed by atoms with Gasteiger partial charge >= 0.3 is 5.97 Å². The van der Waals surface area contributed by atoms with Crippen LogP contribution < -0.4 is 5.32 Å². The van der Waals surface area contributed by atoms with Gasteiger partial charge in [-0.15, -0.1) is 0 Å². The Morgan fingerprint density at radius 1 is 1.54 bits per heavy atom. The Hall–Kier alpha value is -1.78. The second-order valence-electron chi connectivity index (χ2n) is 2.71. The lowest BCUT2D eigenvalue weighted by atomic mass is 10.4. The third kappa shape index (κ3) is 2.08. The summed E-state index contributed by atoms with van der Waals surface area (Å²) in [6.07, 6.45) is 1.55. The SMILES string of the molecule is CC(=O)Nc1cc(C(=O)O)n(C)c1. The quantitative estimate of drug-likeness (QED) is 0.706. The van der Waals surface area contributed by atoms with Gasteiger partial charge in [-0.3, -0.25) is 4.79 Å². The van der Waals surface area contributed by atoms with Crippen LogP contribution >= 0.6 is 0 Å². The molecule has 0 aliphatic heterocycles. The van der Waals surface area contributed by atoms with Crippen molar-refractivity contribution in [2.75, 3.05) is 5.32 Å². The van der Waals surface area contributed by atoms with E-state index in [1.165, 1.54) is 17.6 Å². The first-order valence-corrected chi connectivity index (χ1v) is 3.68. The number of aromatic carboxylic acids is 1. The molecule has 0 unspecified atom stereocenters. The van der Waals surface area contributed by atoms with Gasteiger partial charge in [-0.25, -0.2) is 4.79 Å². The number of carbonyl (C=O) groups is 2. The molecule has 1 aromatic rings. The van der Waals surface area contributed by atoms with Crippen LogP contribution in [0.1, 0.15) is 17.4 Å². The van der Waals surface area contributed by atoms with E-state index in [2.05, 4.69) is 5.32 Å². The first kappa shape index (κ1) is 9.31. The maximum atomic E-state index is 10.6. The molecule has 0 aromatic carbocycles. The Morgan fingerprint density at radius 2 is 2.15 bits per heavy atom. The molecule has 5 heteroatoms. The summed E-state index contributed by atoms with van der Waals surface area (Å²) in [7, 11) is 1.61. The number of carbonyl (C=O) groups excluding carboxylic acids is 1. The summed E-state index contributed by atoms with van der Waals surface area (Å²) >= 11 is 0. The molecular formula is C8H10N2O3. The number of carboxylic acids is 1. The number of hydrogen-bond acceptors (Lipinski definition) is 2. The summed E-state index contributed by atoms with van der Waals surface area (Å²) < 4.78 is 1.44. The van der Waals surface area contributed by atoms with Crippen molar-refractivity contribution in [3.05, 3.63) is 18.0 Å². The van der Waals surface area contributed by atoms with E-state index >= 15 is 0 Å². The molecule has 1 aromatic heterocycles. The Bertz CT molecular complexity index is 354. The molecule has 0 saturated heterocycles. The predicted octanol–water partition coefficient (Wildman–Crippen LogP) is 0.682. The number of aryl methyl sites for hydroxylation is 1. The smallest absolute Gasteiger partial charge is 0.352 e. The van der Waals surface area contributed by atoms with Gasteiger partial charge in [0.05, 0.1) is 5.69 Å². The normalized spacial score (nSPS) is 9.69. The highest BCUT2D eigenvalue weighted by atomic mass is 16.4. The van der Waals surface area contributed by atoms with E-state index in [1.807, 2.05) is 0 Å². The summed E-state index contributed by atoms with van der Waals surface area (Å²) in [5.41, 5.74) is 0.635. The van der Waals surface area contributed by atoms with E-state index in [0.717, 1.165) is 0 Å². The van der Waals surface area contributed by atoms with Gasteiger partial charge in [0.25, 0.3) is 0 Å². The zero-order valence-corrected chi connectivity index (χ0v) is 7.37. The number of amides is 1. The van der Waals surface area contributed by atoms with E-state index < -0.39 is 5.97 Å². The Kier molecular flexibility index (Phi) is 2.36. The summed E-state index contributed by atoms with van der Waals surface area (Å²) in [6.45, 7) is 1.37. The molecule has 0 saturated carbocycles. The molecule has 1 heterocycles. The van der Waals surface area contributed by atoms with Gasteiger partial charge in [0, 0.05) is 20.2 Å². The van der Waals surface area contributed by atoms with Gasteiger partial charge in [0.2, 0.25) is 5.91 Å². The average molecular weight is 182 g/mol. The number of aromatic nitrogens is 1. The minimum absolute atomic E-state index is 0.142. The van der Waals surface area contributed by atoms with Crippen molar-refractivity contribution in [3.63, 3.8) is 0 Å². The molecule has 2 N–H and O–H groups in total. The van der Waals surface area contributed by atoms with Crippen LogP contribution in [0.15, 0.2) is 12.3 Å². The summed E-state index contributed by atoms with van der Waals surface area (Å²) in [5, 5.41) is 11.2. The Morgan fingerprint density at radius 3 is 2.54 bits per heavy atom. The fraction of sp³-hybridized carbons (Fsp3) is 0.250. The van der Waals surface area contributed by atoms with Gasteiger partial charge in [-0.1, -0.05) is 0 Å².